The lowest BCUT2D eigenvalue weighted by molar-refractivity contribution is -0.139. The Bertz CT molecular complexity index is 401. The van der Waals surface area contributed by atoms with Crippen molar-refractivity contribution in [2.24, 2.45) is 5.73 Å². The molecule has 3 atom stereocenters. The van der Waals surface area contributed by atoms with Crippen molar-refractivity contribution < 1.29 is 24.2 Å². The van der Waals surface area contributed by atoms with Gasteiger partial charge in [0.15, 0.2) is 0 Å². The molecule has 2 unspecified atom stereocenters. The minimum atomic E-state index is -1.18. The number of aliphatic carboxylic acids is 1. The number of hydrogen-bond acceptors (Lipinski definition) is 4. The Kier molecular flexibility index (Phi) is 6.41. The zero-order valence-electron chi connectivity index (χ0n) is 12.4. The molecule has 8 heteroatoms. The first kappa shape index (κ1) is 17.2. The average molecular weight is 301 g/mol. The third kappa shape index (κ3) is 5.22. The van der Waals surface area contributed by atoms with Gasteiger partial charge in [0.05, 0.1) is 18.8 Å². The molecule has 0 aromatic carbocycles. The minimum Gasteiger partial charge on any atom is -0.480 e. The van der Waals surface area contributed by atoms with Gasteiger partial charge in [-0.05, 0) is 19.8 Å². The van der Waals surface area contributed by atoms with E-state index in [1.54, 1.807) is 4.90 Å². The van der Waals surface area contributed by atoms with Gasteiger partial charge in [-0.15, -0.1) is 0 Å². The van der Waals surface area contributed by atoms with Crippen molar-refractivity contribution >= 4 is 17.9 Å². The maximum absolute atomic E-state index is 12.3. The molecule has 8 nitrogen and oxygen atoms in total. The highest BCUT2D eigenvalue weighted by atomic mass is 16.5. The van der Waals surface area contributed by atoms with Crippen molar-refractivity contribution in [3.8, 4) is 0 Å². The number of nitrogens with one attached hydrogen (secondary N) is 1. The summed E-state index contributed by atoms with van der Waals surface area (Å²) in [5.41, 5.74) is 5.00. The van der Waals surface area contributed by atoms with Crippen LogP contribution in [0, 0.1) is 0 Å². The van der Waals surface area contributed by atoms with Gasteiger partial charge in [0, 0.05) is 13.0 Å². The number of hydrogen-bond donors (Lipinski definition) is 3. The number of rotatable bonds is 6. The van der Waals surface area contributed by atoms with Gasteiger partial charge in [-0.25, -0.2) is 9.59 Å². The maximum Gasteiger partial charge on any atom is 0.326 e. The number of nitrogens with two attached hydrogens (primary N) is 1. The van der Waals surface area contributed by atoms with Crippen LogP contribution < -0.4 is 11.1 Å². The highest BCUT2D eigenvalue weighted by molar-refractivity contribution is 5.83. The fourth-order valence-corrected chi connectivity index (χ4v) is 2.21. The summed E-state index contributed by atoms with van der Waals surface area (Å²) in [6.07, 6.45) is 0.521. The van der Waals surface area contributed by atoms with E-state index in [4.69, 9.17) is 15.6 Å². The average Bonchev–Trinajstić information content (AvgIpc) is 2.42. The number of morpholine rings is 1. The third-order valence-corrected chi connectivity index (χ3v) is 3.48. The van der Waals surface area contributed by atoms with Crippen LogP contribution in [0.5, 0.6) is 0 Å². The second kappa shape index (κ2) is 7.82. The van der Waals surface area contributed by atoms with Gasteiger partial charge >= 0.3 is 12.0 Å². The molecule has 1 aliphatic rings. The number of carbonyl (C=O) groups is 3. The van der Waals surface area contributed by atoms with E-state index < -0.39 is 23.9 Å². The Hall–Kier alpha value is -1.83. The number of carboxylic acids is 1. The standard InChI is InChI=1S/C13H23N3O5/c1-3-9-7-21-8(2)6-16(9)13(20)15-10(12(18)19)4-5-11(14)17/h8-10H,3-7H2,1-2H3,(H2,14,17)(H,15,20)(H,18,19)/t8?,9?,10-/m1/s1. The molecule has 120 valence electrons. The smallest absolute Gasteiger partial charge is 0.326 e. The monoisotopic (exact) mass is 301 g/mol. The molecule has 1 saturated heterocycles. The summed E-state index contributed by atoms with van der Waals surface area (Å²) in [4.78, 5) is 35.7. The van der Waals surface area contributed by atoms with Crippen LogP contribution in [0.3, 0.4) is 0 Å². The SMILES string of the molecule is CCC1COC(C)CN1C(=O)N[C@H](CCC(N)=O)C(=O)O. The Morgan fingerprint density at radius 1 is 1.48 bits per heavy atom. The number of carboxylic acid groups (broad SMARTS) is 1. The Morgan fingerprint density at radius 3 is 2.67 bits per heavy atom. The van der Waals surface area contributed by atoms with E-state index in [0.717, 1.165) is 6.42 Å². The van der Waals surface area contributed by atoms with Crippen LogP contribution >= 0.6 is 0 Å². The molecule has 1 fully saturated rings. The van der Waals surface area contributed by atoms with E-state index in [1.807, 2.05) is 13.8 Å². The van der Waals surface area contributed by atoms with Crippen molar-refractivity contribution in [1.82, 2.24) is 10.2 Å². The first-order chi connectivity index (χ1) is 9.85. The summed E-state index contributed by atoms with van der Waals surface area (Å²) in [6.45, 7) is 4.64. The Labute approximate surface area is 123 Å². The van der Waals surface area contributed by atoms with Crippen LogP contribution in [0.2, 0.25) is 0 Å². The zero-order chi connectivity index (χ0) is 16.0. The second-order valence-corrected chi connectivity index (χ2v) is 5.20. The number of amides is 3. The molecule has 0 bridgehead atoms. The van der Waals surface area contributed by atoms with Crippen LogP contribution in [0.25, 0.3) is 0 Å². The highest BCUT2D eigenvalue weighted by Crippen LogP contribution is 2.15. The van der Waals surface area contributed by atoms with Gasteiger partial charge < -0.3 is 25.8 Å². The van der Waals surface area contributed by atoms with Gasteiger partial charge in [0.25, 0.3) is 0 Å². The molecule has 0 radical (unpaired) electrons. The van der Waals surface area contributed by atoms with Crippen molar-refractivity contribution in [2.75, 3.05) is 13.2 Å². The molecule has 1 rings (SSSR count). The van der Waals surface area contributed by atoms with E-state index in [9.17, 15) is 14.4 Å². The molecule has 0 aliphatic carbocycles. The number of urea groups is 1. The molecule has 4 N–H and O–H groups in total. The first-order valence-corrected chi connectivity index (χ1v) is 7.05. The van der Waals surface area contributed by atoms with E-state index in [2.05, 4.69) is 5.32 Å². The van der Waals surface area contributed by atoms with Crippen LogP contribution in [0.1, 0.15) is 33.1 Å². The molecule has 1 aliphatic heterocycles. The zero-order valence-corrected chi connectivity index (χ0v) is 12.4. The number of ether oxygens (including phenoxy) is 1. The molecule has 0 spiro atoms. The van der Waals surface area contributed by atoms with Gasteiger partial charge in [-0.3, -0.25) is 4.79 Å². The predicted molar refractivity (Wildman–Crippen MR) is 74.6 cm³/mol. The fourth-order valence-electron chi connectivity index (χ4n) is 2.21. The molecule has 0 aromatic rings. The van der Waals surface area contributed by atoms with Crippen LogP contribution in [0.4, 0.5) is 4.79 Å². The fraction of sp³-hybridized carbons (Fsp3) is 0.769. The Morgan fingerprint density at radius 2 is 2.14 bits per heavy atom. The van der Waals surface area contributed by atoms with Crippen LogP contribution in [-0.4, -0.2) is 59.3 Å². The van der Waals surface area contributed by atoms with Crippen molar-refractivity contribution in [3.63, 3.8) is 0 Å². The van der Waals surface area contributed by atoms with Crippen molar-refractivity contribution in [3.05, 3.63) is 0 Å². The molecular formula is C13H23N3O5. The number of primary amides is 1. The topological polar surface area (TPSA) is 122 Å². The van der Waals surface area contributed by atoms with Gasteiger partial charge in [0.2, 0.25) is 5.91 Å². The maximum atomic E-state index is 12.3. The minimum absolute atomic E-state index is 0.0207. The molecule has 0 aromatic heterocycles. The summed E-state index contributed by atoms with van der Waals surface area (Å²) < 4.78 is 5.49. The normalized spacial score (nSPS) is 23.4. The van der Waals surface area contributed by atoms with Crippen LogP contribution in [-0.2, 0) is 14.3 Å². The van der Waals surface area contributed by atoms with Gasteiger partial charge in [-0.1, -0.05) is 6.92 Å². The lowest BCUT2D eigenvalue weighted by atomic mass is 10.1. The largest absolute Gasteiger partial charge is 0.480 e. The second-order valence-electron chi connectivity index (χ2n) is 5.20. The van der Waals surface area contributed by atoms with Crippen molar-refractivity contribution in [2.45, 2.75) is 51.3 Å². The van der Waals surface area contributed by atoms with E-state index in [0.29, 0.717) is 13.2 Å². The first-order valence-electron chi connectivity index (χ1n) is 7.05. The summed E-state index contributed by atoms with van der Waals surface area (Å²) in [6, 6.07) is -1.65. The quantitative estimate of drug-likeness (QED) is 0.633. The van der Waals surface area contributed by atoms with Crippen LogP contribution in [0.15, 0.2) is 0 Å². The molecular weight excluding hydrogens is 278 g/mol. The molecule has 0 saturated carbocycles. The van der Waals surface area contributed by atoms with E-state index in [-0.39, 0.29) is 25.0 Å². The number of nitrogens with zero attached hydrogens (tertiary/aromatic N) is 1. The lowest BCUT2D eigenvalue weighted by Gasteiger charge is -2.38. The predicted octanol–water partition coefficient (Wildman–Crippen LogP) is -0.0860. The summed E-state index contributed by atoms with van der Waals surface area (Å²) in [7, 11) is 0. The lowest BCUT2D eigenvalue weighted by Crippen LogP contribution is -2.57. The molecule has 3 amide bonds. The van der Waals surface area contributed by atoms with E-state index in [1.165, 1.54) is 0 Å². The molecule has 21 heavy (non-hydrogen) atoms. The van der Waals surface area contributed by atoms with Gasteiger partial charge in [0.1, 0.15) is 6.04 Å². The summed E-state index contributed by atoms with van der Waals surface area (Å²) in [5.74, 6) is -1.78. The third-order valence-electron chi connectivity index (χ3n) is 3.48. The molecule has 1 heterocycles. The summed E-state index contributed by atoms with van der Waals surface area (Å²) in [5, 5.41) is 11.5. The van der Waals surface area contributed by atoms with Crippen molar-refractivity contribution in [1.29, 1.82) is 0 Å². The van der Waals surface area contributed by atoms with E-state index >= 15 is 0 Å². The Balaban J connectivity index is 2.66. The number of carbonyl (C=O) groups excluding carboxylic acids is 2. The summed E-state index contributed by atoms with van der Waals surface area (Å²) >= 11 is 0. The highest BCUT2D eigenvalue weighted by Gasteiger charge is 2.31. The van der Waals surface area contributed by atoms with Gasteiger partial charge in [-0.2, -0.15) is 0 Å².